The van der Waals surface area contributed by atoms with E-state index in [1.165, 1.54) is 0 Å². The summed E-state index contributed by atoms with van der Waals surface area (Å²) in [6, 6.07) is 0. The molecule has 90 valence electrons. The third-order valence-electron chi connectivity index (χ3n) is 2.40. The highest BCUT2D eigenvalue weighted by Gasteiger charge is 2.11. The minimum Gasteiger partial charge on any atom is -0.383 e. The normalized spacial score (nSPS) is 10.8. The van der Waals surface area contributed by atoms with Crippen LogP contribution in [-0.2, 0) is 13.5 Å². The van der Waals surface area contributed by atoms with Crippen molar-refractivity contribution in [3.8, 4) is 11.4 Å². The highest BCUT2D eigenvalue weighted by atomic mass is 79.9. The minimum atomic E-state index is 0.474. The standard InChI is InChI=1S/C11H14BrN5/c1-3-4-8-9(12)10(13)16-11(15-8)7-5-14-17(2)6-7/h5-6H,3-4H2,1-2H3,(H2,13,15,16). The maximum atomic E-state index is 5.87. The van der Waals surface area contributed by atoms with Crippen LogP contribution in [0.25, 0.3) is 11.4 Å². The Morgan fingerprint density at radius 3 is 2.76 bits per heavy atom. The predicted molar refractivity (Wildman–Crippen MR) is 70.3 cm³/mol. The summed E-state index contributed by atoms with van der Waals surface area (Å²) in [7, 11) is 1.86. The van der Waals surface area contributed by atoms with Crippen LogP contribution in [0.5, 0.6) is 0 Å². The monoisotopic (exact) mass is 295 g/mol. The second kappa shape index (κ2) is 4.83. The van der Waals surface area contributed by atoms with Crippen LogP contribution < -0.4 is 5.73 Å². The lowest BCUT2D eigenvalue weighted by molar-refractivity contribution is 0.768. The second-order valence-electron chi connectivity index (χ2n) is 3.85. The molecular weight excluding hydrogens is 282 g/mol. The molecule has 0 unspecified atom stereocenters. The second-order valence-corrected chi connectivity index (χ2v) is 4.64. The Morgan fingerprint density at radius 1 is 1.41 bits per heavy atom. The van der Waals surface area contributed by atoms with Crippen LogP contribution >= 0.6 is 15.9 Å². The van der Waals surface area contributed by atoms with Gasteiger partial charge in [0, 0.05) is 13.2 Å². The third-order valence-corrected chi connectivity index (χ3v) is 3.26. The third kappa shape index (κ3) is 2.46. The Labute approximate surface area is 108 Å². The van der Waals surface area contributed by atoms with Crippen LogP contribution in [0.4, 0.5) is 5.82 Å². The summed E-state index contributed by atoms with van der Waals surface area (Å²) in [6.45, 7) is 2.11. The van der Waals surface area contributed by atoms with Crippen LogP contribution in [0.2, 0.25) is 0 Å². The lowest BCUT2D eigenvalue weighted by Crippen LogP contribution is -2.02. The minimum absolute atomic E-state index is 0.474. The fourth-order valence-corrected chi connectivity index (χ4v) is 1.96. The average molecular weight is 296 g/mol. The fourth-order valence-electron chi connectivity index (χ4n) is 1.58. The molecule has 0 aliphatic rings. The van der Waals surface area contributed by atoms with Gasteiger partial charge in [0.05, 0.1) is 21.9 Å². The molecule has 0 aliphatic carbocycles. The predicted octanol–water partition coefficient (Wildman–Crippen LogP) is 2.17. The van der Waals surface area contributed by atoms with E-state index in [1.54, 1.807) is 10.9 Å². The SMILES string of the molecule is CCCc1nc(-c2cnn(C)c2)nc(N)c1Br. The molecular formula is C11H14BrN5. The molecule has 6 heteroatoms. The molecule has 0 spiro atoms. The van der Waals surface area contributed by atoms with E-state index < -0.39 is 0 Å². The lowest BCUT2D eigenvalue weighted by atomic mass is 10.2. The molecule has 0 saturated carbocycles. The summed E-state index contributed by atoms with van der Waals surface area (Å²) in [4.78, 5) is 8.78. The molecule has 0 aromatic carbocycles. The maximum Gasteiger partial charge on any atom is 0.165 e. The molecule has 0 atom stereocenters. The van der Waals surface area contributed by atoms with Gasteiger partial charge in [-0.15, -0.1) is 0 Å². The maximum absolute atomic E-state index is 5.87. The molecule has 2 aromatic heterocycles. The van der Waals surface area contributed by atoms with Crippen LogP contribution in [-0.4, -0.2) is 19.7 Å². The number of nitrogens with zero attached hydrogens (tertiary/aromatic N) is 4. The first kappa shape index (κ1) is 12.0. The first-order valence-corrected chi connectivity index (χ1v) is 6.22. The lowest BCUT2D eigenvalue weighted by Gasteiger charge is -2.06. The van der Waals surface area contributed by atoms with E-state index in [2.05, 4.69) is 37.9 Å². The summed E-state index contributed by atoms with van der Waals surface area (Å²) in [5.74, 6) is 1.10. The van der Waals surface area contributed by atoms with Gasteiger partial charge in [-0.1, -0.05) is 13.3 Å². The van der Waals surface area contributed by atoms with Gasteiger partial charge in [-0.25, -0.2) is 9.97 Å². The Morgan fingerprint density at radius 2 is 2.18 bits per heavy atom. The molecule has 2 heterocycles. The first-order valence-electron chi connectivity index (χ1n) is 5.42. The van der Waals surface area contributed by atoms with Gasteiger partial charge in [-0.2, -0.15) is 5.10 Å². The van der Waals surface area contributed by atoms with E-state index in [0.717, 1.165) is 28.6 Å². The van der Waals surface area contributed by atoms with Gasteiger partial charge < -0.3 is 5.73 Å². The zero-order chi connectivity index (χ0) is 12.4. The molecule has 2 N–H and O–H groups in total. The van der Waals surface area contributed by atoms with Crippen LogP contribution in [0.15, 0.2) is 16.9 Å². The molecule has 17 heavy (non-hydrogen) atoms. The van der Waals surface area contributed by atoms with Crippen molar-refractivity contribution in [1.29, 1.82) is 0 Å². The van der Waals surface area contributed by atoms with Gasteiger partial charge >= 0.3 is 0 Å². The van der Waals surface area contributed by atoms with E-state index in [4.69, 9.17) is 5.73 Å². The topological polar surface area (TPSA) is 69.6 Å². The summed E-state index contributed by atoms with van der Waals surface area (Å²) in [5.41, 5.74) is 7.69. The Hall–Kier alpha value is -1.43. The summed E-state index contributed by atoms with van der Waals surface area (Å²) in [5, 5.41) is 4.10. The van der Waals surface area contributed by atoms with Crippen molar-refractivity contribution < 1.29 is 0 Å². The van der Waals surface area contributed by atoms with E-state index in [0.29, 0.717) is 11.6 Å². The molecule has 0 radical (unpaired) electrons. The van der Waals surface area contributed by atoms with Gasteiger partial charge in [0.25, 0.3) is 0 Å². The molecule has 5 nitrogen and oxygen atoms in total. The molecule has 0 saturated heterocycles. The van der Waals surface area contributed by atoms with Crippen molar-refractivity contribution in [2.75, 3.05) is 5.73 Å². The molecule has 2 rings (SSSR count). The number of anilines is 1. The highest BCUT2D eigenvalue weighted by molar-refractivity contribution is 9.10. The number of aromatic nitrogens is 4. The van der Waals surface area contributed by atoms with Gasteiger partial charge in [0.2, 0.25) is 0 Å². The molecule has 0 fully saturated rings. The Balaban J connectivity index is 2.48. The van der Waals surface area contributed by atoms with E-state index >= 15 is 0 Å². The van der Waals surface area contributed by atoms with Crippen LogP contribution in [0.1, 0.15) is 19.0 Å². The number of nitrogens with two attached hydrogens (primary N) is 1. The van der Waals surface area contributed by atoms with Crippen LogP contribution in [0, 0.1) is 0 Å². The molecule has 2 aromatic rings. The number of aryl methyl sites for hydroxylation is 2. The number of hydrogen-bond acceptors (Lipinski definition) is 4. The summed E-state index contributed by atoms with van der Waals surface area (Å²) in [6.07, 6.45) is 5.50. The van der Waals surface area contributed by atoms with Crippen molar-refractivity contribution in [3.63, 3.8) is 0 Å². The zero-order valence-electron chi connectivity index (χ0n) is 9.81. The smallest absolute Gasteiger partial charge is 0.165 e. The number of hydrogen-bond donors (Lipinski definition) is 1. The van der Waals surface area contributed by atoms with Gasteiger partial charge in [0.15, 0.2) is 5.82 Å². The van der Waals surface area contributed by atoms with Crippen molar-refractivity contribution in [2.24, 2.45) is 7.05 Å². The number of nitrogen functional groups attached to an aromatic ring is 1. The molecule has 0 amide bonds. The molecule has 0 aliphatic heterocycles. The number of halogens is 1. The van der Waals surface area contributed by atoms with Crippen molar-refractivity contribution >= 4 is 21.7 Å². The van der Waals surface area contributed by atoms with Crippen LogP contribution in [0.3, 0.4) is 0 Å². The van der Waals surface area contributed by atoms with E-state index in [9.17, 15) is 0 Å². The highest BCUT2D eigenvalue weighted by Crippen LogP contribution is 2.25. The Kier molecular flexibility index (Phi) is 3.42. The van der Waals surface area contributed by atoms with Gasteiger partial charge in [-0.3, -0.25) is 4.68 Å². The largest absolute Gasteiger partial charge is 0.383 e. The quantitative estimate of drug-likeness (QED) is 0.942. The van der Waals surface area contributed by atoms with Crippen molar-refractivity contribution in [2.45, 2.75) is 19.8 Å². The van der Waals surface area contributed by atoms with Crippen molar-refractivity contribution in [3.05, 3.63) is 22.6 Å². The summed E-state index contributed by atoms with van der Waals surface area (Å²) < 4.78 is 2.52. The fraction of sp³-hybridized carbons (Fsp3) is 0.364. The van der Waals surface area contributed by atoms with Gasteiger partial charge in [0.1, 0.15) is 5.82 Å². The van der Waals surface area contributed by atoms with E-state index in [-0.39, 0.29) is 0 Å². The van der Waals surface area contributed by atoms with E-state index in [1.807, 2.05) is 13.2 Å². The van der Waals surface area contributed by atoms with Crippen molar-refractivity contribution in [1.82, 2.24) is 19.7 Å². The zero-order valence-corrected chi connectivity index (χ0v) is 11.4. The number of rotatable bonds is 3. The summed E-state index contributed by atoms with van der Waals surface area (Å²) >= 11 is 3.42. The first-order chi connectivity index (χ1) is 8.11. The Bertz CT molecular complexity index is 535. The molecule has 0 bridgehead atoms. The average Bonchev–Trinajstić information content (AvgIpc) is 2.71. The van der Waals surface area contributed by atoms with Gasteiger partial charge in [-0.05, 0) is 22.4 Å².